The fraction of sp³-hybridized carbons (Fsp3) is 0.714. The third-order valence-electron chi connectivity index (χ3n) is 1.16. The highest BCUT2D eigenvalue weighted by Crippen LogP contribution is 1.85. The van der Waals surface area contributed by atoms with Crippen LogP contribution in [0.2, 0.25) is 0 Å². The van der Waals surface area contributed by atoms with Crippen LogP contribution in [-0.4, -0.2) is 43.7 Å². The molecule has 0 aliphatic carbocycles. The summed E-state index contributed by atoms with van der Waals surface area (Å²) >= 11 is 0. The number of nitrogens with zero attached hydrogens (tertiary/aromatic N) is 4. The van der Waals surface area contributed by atoms with Crippen LogP contribution in [0.4, 0.5) is 0 Å². The van der Waals surface area contributed by atoms with Crippen LogP contribution in [0.1, 0.15) is 0 Å². The first-order valence-corrected chi connectivity index (χ1v) is 3.31. The molecule has 0 amide bonds. The molecule has 0 aromatic heterocycles. The van der Waals surface area contributed by atoms with Gasteiger partial charge in [0.05, 0.1) is 31.9 Å². The molecule has 11 heavy (non-hydrogen) atoms. The molecular formula is C7H12N4. The summed E-state index contributed by atoms with van der Waals surface area (Å²) < 4.78 is 0. The molecule has 0 atom stereocenters. The van der Waals surface area contributed by atoms with Crippen molar-refractivity contribution in [1.82, 2.24) is 9.80 Å². The van der Waals surface area contributed by atoms with Crippen molar-refractivity contribution in [3.63, 3.8) is 0 Å². The van der Waals surface area contributed by atoms with E-state index in [2.05, 4.69) is 0 Å². The summed E-state index contributed by atoms with van der Waals surface area (Å²) in [6.07, 6.45) is 0. The van der Waals surface area contributed by atoms with Crippen molar-refractivity contribution < 1.29 is 0 Å². The second-order valence-electron chi connectivity index (χ2n) is 2.49. The summed E-state index contributed by atoms with van der Waals surface area (Å²) in [5.74, 6) is 0. The lowest BCUT2D eigenvalue weighted by atomic mass is 10.6. The topological polar surface area (TPSA) is 54.1 Å². The zero-order valence-electron chi connectivity index (χ0n) is 6.91. The average molecular weight is 152 g/mol. The van der Waals surface area contributed by atoms with Crippen LogP contribution in [0.25, 0.3) is 0 Å². The van der Waals surface area contributed by atoms with Crippen LogP contribution in [0.3, 0.4) is 0 Å². The first-order valence-electron chi connectivity index (χ1n) is 3.31. The van der Waals surface area contributed by atoms with Gasteiger partial charge in [0.15, 0.2) is 0 Å². The molecule has 0 spiro atoms. The van der Waals surface area contributed by atoms with E-state index >= 15 is 0 Å². The number of nitriles is 2. The molecule has 0 aromatic carbocycles. The molecule has 60 valence electrons. The minimum atomic E-state index is 0.399. The van der Waals surface area contributed by atoms with E-state index in [1.807, 2.05) is 36.0 Å². The SMILES string of the molecule is CN(CC#N)CN(C)CC#N. The first-order chi connectivity index (χ1) is 5.20. The monoisotopic (exact) mass is 152 g/mol. The third kappa shape index (κ3) is 5.35. The Bertz CT molecular complexity index is 156. The van der Waals surface area contributed by atoms with E-state index in [1.165, 1.54) is 0 Å². The molecule has 0 aliphatic heterocycles. The molecule has 0 bridgehead atoms. The summed E-state index contributed by atoms with van der Waals surface area (Å²) in [7, 11) is 3.69. The van der Waals surface area contributed by atoms with Crippen LogP contribution in [0.5, 0.6) is 0 Å². The fourth-order valence-electron chi connectivity index (χ4n) is 0.754. The van der Waals surface area contributed by atoms with Crippen molar-refractivity contribution in [1.29, 1.82) is 10.5 Å². The molecule has 0 aliphatic rings. The molecule has 0 radical (unpaired) electrons. The van der Waals surface area contributed by atoms with Crippen molar-refractivity contribution in [3.8, 4) is 12.1 Å². The second-order valence-corrected chi connectivity index (χ2v) is 2.49. The van der Waals surface area contributed by atoms with Gasteiger partial charge in [0.1, 0.15) is 0 Å². The highest BCUT2D eigenvalue weighted by Gasteiger charge is 2.00. The molecular weight excluding hydrogens is 140 g/mol. The van der Waals surface area contributed by atoms with E-state index in [0.29, 0.717) is 19.8 Å². The lowest BCUT2D eigenvalue weighted by Crippen LogP contribution is -2.33. The van der Waals surface area contributed by atoms with Gasteiger partial charge in [0.25, 0.3) is 0 Å². The molecule has 0 N–H and O–H groups in total. The zero-order chi connectivity index (χ0) is 8.69. The van der Waals surface area contributed by atoms with Gasteiger partial charge < -0.3 is 0 Å². The van der Waals surface area contributed by atoms with E-state index < -0.39 is 0 Å². The summed E-state index contributed by atoms with van der Waals surface area (Å²) in [6.45, 7) is 1.45. The first kappa shape index (κ1) is 9.90. The van der Waals surface area contributed by atoms with Gasteiger partial charge in [-0.05, 0) is 14.1 Å². The fourth-order valence-corrected chi connectivity index (χ4v) is 0.754. The van der Waals surface area contributed by atoms with Crippen LogP contribution < -0.4 is 0 Å². The maximum Gasteiger partial charge on any atom is 0.0873 e. The van der Waals surface area contributed by atoms with Gasteiger partial charge in [-0.15, -0.1) is 0 Å². The third-order valence-corrected chi connectivity index (χ3v) is 1.16. The van der Waals surface area contributed by atoms with Crippen LogP contribution in [0, 0.1) is 22.7 Å². The normalized spacial score (nSPS) is 9.64. The Kier molecular flexibility index (Phi) is 5.10. The van der Waals surface area contributed by atoms with Gasteiger partial charge in [0.2, 0.25) is 0 Å². The summed E-state index contributed by atoms with van der Waals surface area (Å²) in [4.78, 5) is 3.69. The predicted octanol–water partition coefficient (Wildman–Crippen LogP) is -0.145. The lowest BCUT2D eigenvalue weighted by molar-refractivity contribution is 0.214. The van der Waals surface area contributed by atoms with Gasteiger partial charge in [-0.3, -0.25) is 9.80 Å². The Hall–Kier alpha value is -1.10. The standard InChI is InChI=1S/C7H12N4/c1-10(5-3-8)7-11(2)6-4-9/h5-7H2,1-2H3. The Morgan fingerprint density at radius 3 is 1.64 bits per heavy atom. The molecule has 4 nitrogen and oxygen atoms in total. The zero-order valence-corrected chi connectivity index (χ0v) is 6.91. The predicted molar refractivity (Wildman–Crippen MR) is 41.4 cm³/mol. The minimum absolute atomic E-state index is 0.399. The maximum absolute atomic E-state index is 8.30. The Labute approximate surface area is 67.2 Å². The van der Waals surface area contributed by atoms with E-state index in [9.17, 15) is 0 Å². The molecule has 0 saturated heterocycles. The highest BCUT2D eigenvalue weighted by molar-refractivity contribution is 4.77. The smallest absolute Gasteiger partial charge is 0.0873 e. The molecule has 0 saturated carbocycles. The van der Waals surface area contributed by atoms with Crippen molar-refractivity contribution in [2.45, 2.75) is 0 Å². The van der Waals surface area contributed by atoms with Crippen molar-refractivity contribution in [3.05, 3.63) is 0 Å². The second kappa shape index (κ2) is 5.67. The molecule has 0 heterocycles. The van der Waals surface area contributed by atoms with E-state index in [1.54, 1.807) is 0 Å². The van der Waals surface area contributed by atoms with E-state index in [-0.39, 0.29) is 0 Å². The number of rotatable bonds is 4. The van der Waals surface area contributed by atoms with Gasteiger partial charge >= 0.3 is 0 Å². The molecule has 0 unspecified atom stereocenters. The minimum Gasteiger partial charge on any atom is -0.281 e. The number of hydrogen-bond acceptors (Lipinski definition) is 4. The van der Waals surface area contributed by atoms with Crippen molar-refractivity contribution in [2.24, 2.45) is 0 Å². The van der Waals surface area contributed by atoms with E-state index in [4.69, 9.17) is 10.5 Å². The van der Waals surface area contributed by atoms with Crippen LogP contribution in [0.15, 0.2) is 0 Å². The van der Waals surface area contributed by atoms with Gasteiger partial charge in [-0.2, -0.15) is 10.5 Å². The van der Waals surface area contributed by atoms with Gasteiger partial charge in [-0.1, -0.05) is 0 Å². The molecule has 0 rings (SSSR count). The Morgan fingerprint density at radius 1 is 1.00 bits per heavy atom. The summed E-state index contributed by atoms with van der Waals surface area (Å²) in [5, 5.41) is 16.6. The van der Waals surface area contributed by atoms with Crippen LogP contribution >= 0.6 is 0 Å². The number of hydrogen-bond donors (Lipinski definition) is 0. The van der Waals surface area contributed by atoms with Crippen molar-refractivity contribution in [2.75, 3.05) is 33.9 Å². The summed E-state index contributed by atoms with van der Waals surface area (Å²) in [6, 6.07) is 4.06. The van der Waals surface area contributed by atoms with Gasteiger partial charge in [-0.25, -0.2) is 0 Å². The Morgan fingerprint density at radius 2 is 1.36 bits per heavy atom. The van der Waals surface area contributed by atoms with Crippen LogP contribution in [-0.2, 0) is 0 Å². The van der Waals surface area contributed by atoms with E-state index in [0.717, 1.165) is 0 Å². The Balaban J connectivity index is 3.51. The summed E-state index contributed by atoms with van der Waals surface area (Å²) in [5.41, 5.74) is 0. The quantitative estimate of drug-likeness (QED) is 0.415. The maximum atomic E-state index is 8.30. The largest absolute Gasteiger partial charge is 0.281 e. The van der Waals surface area contributed by atoms with Gasteiger partial charge in [0, 0.05) is 0 Å². The molecule has 0 aromatic rings. The molecule has 4 heteroatoms. The highest BCUT2D eigenvalue weighted by atomic mass is 15.3. The van der Waals surface area contributed by atoms with Crippen molar-refractivity contribution >= 4 is 0 Å². The average Bonchev–Trinajstić information content (AvgIpc) is 1.87. The molecule has 0 fully saturated rings. The lowest BCUT2D eigenvalue weighted by Gasteiger charge is -2.19.